The molecule has 5 heteroatoms. The zero-order valence-corrected chi connectivity index (χ0v) is 8.83. The van der Waals surface area contributed by atoms with Gasteiger partial charge in [-0.05, 0) is 18.8 Å². The summed E-state index contributed by atoms with van der Waals surface area (Å²) in [5, 5.41) is -1.32. The number of carbonyl (C=O) groups excluding carboxylic acids is 1. The summed E-state index contributed by atoms with van der Waals surface area (Å²) in [6.45, 7) is 0.356. The van der Waals surface area contributed by atoms with Gasteiger partial charge >= 0.3 is 11.2 Å². The number of thiol groups is 1. The van der Waals surface area contributed by atoms with Crippen LogP contribution in [0.3, 0.4) is 0 Å². The normalized spacial score (nSPS) is 19.4. The van der Waals surface area contributed by atoms with Crippen LogP contribution in [-0.2, 0) is 4.79 Å². The van der Waals surface area contributed by atoms with Gasteiger partial charge in [-0.25, -0.2) is 0 Å². The standard InChI is InChI=1S/C9H15F2NOS/c10-9(11,14)8(13)12-6-7-4-2-1-3-5-7/h7,14H,1-6H2,(H,12,13). The van der Waals surface area contributed by atoms with Crippen LogP contribution in [0, 0.1) is 5.92 Å². The predicted octanol–water partition coefficient (Wildman–Crippen LogP) is 2.21. The van der Waals surface area contributed by atoms with E-state index >= 15 is 0 Å². The molecule has 1 amide bonds. The van der Waals surface area contributed by atoms with Crippen LogP contribution in [-0.4, -0.2) is 17.7 Å². The van der Waals surface area contributed by atoms with Crippen molar-refractivity contribution in [1.29, 1.82) is 0 Å². The zero-order chi connectivity index (χ0) is 10.6. The van der Waals surface area contributed by atoms with E-state index in [0.717, 1.165) is 25.7 Å². The topological polar surface area (TPSA) is 29.1 Å². The van der Waals surface area contributed by atoms with Gasteiger partial charge in [-0.15, -0.1) is 0 Å². The molecule has 1 saturated carbocycles. The third-order valence-corrected chi connectivity index (χ3v) is 2.75. The molecular weight excluding hydrogens is 208 g/mol. The van der Waals surface area contributed by atoms with E-state index in [-0.39, 0.29) is 0 Å². The number of amides is 1. The SMILES string of the molecule is O=C(NCC1CCCCC1)C(F)(F)S. The Bertz CT molecular complexity index is 199. The van der Waals surface area contributed by atoms with E-state index in [2.05, 4.69) is 17.9 Å². The highest BCUT2D eigenvalue weighted by Crippen LogP contribution is 2.23. The van der Waals surface area contributed by atoms with Crippen molar-refractivity contribution in [2.24, 2.45) is 5.92 Å². The fourth-order valence-corrected chi connectivity index (χ4v) is 1.81. The van der Waals surface area contributed by atoms with Crippen LogP contribution in [0.1, 0.15) is 32.1 Å². The van der Waals surface area contributed by atoms with Crippen LogP contribution >= 0.6 is 12.6 Å². The Hall–Kier alpha value is -0.320. The second-order valence-corrected chi connectivity index (χ2v) is 4.32. The predicted molar refractivity (Wildman–Crippen MR) is 53.5 cm³/mol. The molecule has 2 nitrogen and oxygen atoms in total. The molecule has 0 aromatic rings. The van der Waals surface area contributed by atoms with Gasteiger partial charge in [-0.3, -0.25) is 4.79 Å². The number of rotatable bonds is 3. The molecular formula is C9H15F2NOS. The molecule has 0 heterocycles. The first-order chi connectivity index (χ1) is 6.50. The molecule has 1 aliphatic carbocycles. The lowest BCUT2D eigenvalue weighted by Gasteiger charge is -2.22. The average molecular weight is 223 g/mol. The summed E-state index contributed by atoms with van der Waals surface area (Å²) in [7, 11) is 0. The second-order valence-electron chi connectivity index (χ2n) is 3.76. The van der Waals surface area contributed by atoms with Gasteiger partial charge in [0.1, 0.15) is 0 Å². The molecule has 0 unspecified atom stereocenters. The van der Waals surface area contributed by atoms with Crippen LogP contribution in [0.25, 0.3) is 0 Å². The Labute approximate surface area is 87.9 Å². The molecule has 0 spiro atoms. The van der Waals surface area contributed by atoms with Crippen molar-refractivity contribution in [2.75, 3.05) is 6.54 Å². The van der Waals surface area contributed by atoms with Crippen molar-refractivity contribution in [3.8, 4) is 0 Å². The summed E-state index contributed by atoms with van der Waals surface area (Å²) in [5.41, 5.74) is 0. The molecule has 1 N–H and O–H groups in total. The van der Waals surface area contributed by atoms with Gasteiger partial charge in [0.15, 0.2) is 0 Å². The van der Waals surface area contributed by atoms with E-state index in [9.17, 15) is 13.6 Å². The summed E-state index contributed by atoms with van der Waals surface area (Å²) in [4.78, 5) is 10.8. The van der Waals surface area contributed by atoms with E-state index in [1.165, 1.54) is 6.42 Å². The Morgan fingerprint density at radius 2 is 1.93 bits per heavy atom. The molecule has 1 fully saturated rings. The maximum atomic E-state index is 12.3. The summed E-state index contributed by atoms with van der Waals surface area (Å²) in [6.07, 6.45) is 5.54. The summed E-state index contributed by atoms with van der Waals surface area (Å²) >= 11 is 2.90. The Morgan fingerprint density at radius 3 is 2.43 bits per heavy atom. The van der Waals surface area contributed by atoms with Crippen molar-refractivity contribution >= 4 is 18.5 Å². The number of carbonyl (C=O) groups is 1. The molecule has 1 aliphatic rings. The van der Waals surface area contributed by atoms with E-state index in [0.29, 0.717) is 12.5 Å². The highest BCUT2D eigenvalue weighted by Gasteiger charge is 2.33. The molecule has 82 valence electrons. The van der Waals surface area contributed by atoms with E-state index in [4.69, 9.17) is 0 Å². The van der Waals surface area contributed by atoms with Gasteiger partial charge in [0.2, 0.25) is 0 Å². The lowest BCUT2D eigenvalue weighted by Crippen LogP contribution is -2.39. The molecule has 0 radical (unpaired) electrons. The quantitative estimate of drug-likeness (QED) is 0.706. The Kier molecular flexibility index (Phi) is 4.16. The fraction of sp³-hybridized carbons (Fsp3) is 0.889. The summed E-state index contributed by atoms with van der Waals surface area (Å²) in [6, 6.07) is 0. The molecule has 0 aromatic heterocycles. The smallest absolute Gasteiger partial charge is 0.350 e. The van der Waals surface area contributed by atoms with Gasteiger partial charge in [0.05, 0.1) is 0 Å². The number of hydrogen-bond acceptors (Lipinski definition) is 2. The van der Waals surface area contributed by atoms with Crippen molar-refractivity contribution < 1.29 is 13.6 Å². The fourth-order valence-electron chi connectivity index (χ4n) is 1.73. The van der Waals surface area contributed by atoms with E-state index in [1.807, 2.05) is 0 Å². The minimum absolute atomic E-state index is 0.356. The van der Waals surface area contributed by atoms with Crippen LogP contribution in [0.2, 0.25) is 0 Å². The number of halogens is 2. The van der Waals surface area contributed by atoms with Crippen molar-refractivity contribution in [3.05, 3.63) is 0 Å². The zero-order valence-electron chi connectivity index (χ0n) is 7.93. The first-order valence-electron chi connectivity index (χ1n) is 4.88. The van der Waals surface area contributed by atoms with Gasteiger partial charge < -0.3 is 5.32 Å². The maximum Gasteiger partial charge on any atom is 0.367 e. The molecule has 1 rings (SSSR count). The van der Waals surface area contributed by atoms with E-state index < -0.39 is 11.2 Å². The van der Waals surface area contributed by atoms with Gasteiger partial charge in [-0.1, -0.05) is 31.9 Å². The lowest BCUT2D eigenvalue weighted by atomic mass is 9.89. The van der Waals surface area contributed by atoms with Crippen LogP contribution < -0.4 is 5.32 Å². The van der Waals surface area contributed by atoms with Crippen molar-refractivity contribution in [1.82, 2.24) is 5.32 Å². The maximum absolute atomic E-state index is 12.3. The Morgan fingerprint density at radius 1 is 1.36 bits per heavy atom. The summed E-state index contributed by atoms with van der Waals surface area (Å²) < 4.78 is 24.6. The largest absolute Gasteiger partial charge is 0.367 e. The highest BCUT2D eigenvalue weighted by atomic mass is 32.1. The number of alkyl halides is 2. The molecule has 0 aliphatic heterocycles. The molecule has 0 saturated heterocycles. The minimum Gasteiger partial charge on any atom is -0.350 e. The Balaban J connectivity index is 2.22. The molecule has 0 bridgehead atoms. The molecule has 0 aromatic carbocycles. The van der Waals surface area contributed by atoms with E-state index in [1.54, 1.807) is 0 Å². The van der Waals surface area contributed by atoms with Gasteiger partial charge in [-0.2, -0.15) is 8.78 Å². The lowest BCUT2D eigenvalue weighted by molar-refractivity contribution is -0.134. The third kappa shape index (κ3) is 3.82. The summed E-state index contributed by atoms with van der Waals surface area (Å²) in [5.74, 6) is -0.921. The monoisotopic (exact) mass is 223 g/mol. The minimum atomic E-state index is -3.55. The third-order valence-electron chi connectivity index (χ3n) is 2.55. The first-order valence-corrected chi connectivity index (χ1v) is 5.33. The van der Waals surface area contributed by atoms with Crippen LogP contribution in [0.15, 0.2) is 0 Å². The van der Waals surface area contributed by atoms with Crippen molar-refractivity contribution in [2.45, 2.75) is 37.4 Å². The number of nitrogens with one attached hydrogen (secondary N) is 1. The second kappa shape index (κ2) is 4.96. The number of hydrogen-bond donors (Lipinski definition) is 2. The van der Waals surface area contributed by atoms with Crippen LogP contribution in [0.4, 0.5) is 8.78 Å². The van der Waals surface area contributed by atoms with Crippen molar-refractivity contribution in [3.63, 3.8) is 0 Å². The molecule has 0 atom stereocenters. The first kappa shape index (κ1) is 11.8. The average Bonchev–Trinajstić information content (AvgIpc) is 2.14. The van der Waals surface area contributed by atoms with Crippen LogP contribution in [0.5, 0.6) is 0 Å². The van der Waals surface area contributed by atoms with Gasteiger partial charge in [0.25, 0.3) is 0 Å². The van der Waals surface area contributed by atoms with Gasteiger partial charge in [0, 0.05) is 6.54 Å². The highest BCUT2D eigenvalue weighted by molar-refractivity contribution is 7.82. The molecule has 14 heavy (non-hydrogen) atoms.